The van der Waals surface area contributed by atoms with Gasteiger partial charge in [-0.15, -0.1) is 0 Å². The average Bonchev–Trinajstić information content (AvgIpc) is 3.06. The van der Waals surface area contributed by atoms with E-state index in [2.05, 4.69) is 44.3 Å². The third-order valence-electron chi connectivity index (χ3n) is 6.23. The SMILES string of the molecule is CC12CCC(C1)C(C)(C)C2NCc1cc2ccccc2o1. The Morgan fingerprint density at radius 1 is 1.24 bits per heavy atom. The van der Waals surface area contributed by atoms with Crippen LogP contribution in [-0.2, 0) is 6.54 Å². The number of furan rings is 1. The fraction of sp³-hybridized carbons (Fsp3) is 0.579. The van der Waals surface area contributed by atoms with Gasteiger partial charge in [-0.3, -0.25) is 0 Å². The Morgan fingerprint density at radius 2 is 2.05 bits per heavy atom. The molecule has 2 nitrogen and oxygen atoms in total. The van der Waals surface area contributed by atoms with Crippen molar-refractivity contribution in [3.05, 3.63) is 36.1 Å². The van der Waals surface area contributed by atoms with Crippen molar-refractivity contribution in [2.24, 2.45) is 16.7 Å². The molecule has 0 radical (unpaired) electrons. The van der Waals surface area contributed by atoms with Crippen LogP contribution in [0.3, 0.4) is 0 Å². The lowest BCUT2D eigenvalue weighted by Gasteiger charge is -2.43. The quantitative estimate of drug-likeness (QED) is 0.880. The van der Waals surface area contributed by atoms with Gasteiger partial charge in [-0.1, -0.05) is 39.0 Å². The molecule has 3 atom stereocenters. The fourth-order valence-corrected chi connectivity index (χ4v) is 5.14. The summed E-state index contributed by atoms with van der Waals surface area (Å²) < 4.78 is 5.95. The van der Waals surface area contributed by atoms with Gasteiger partial charge in [0.2, 0.25) is 0 Å². The summed E-state index contributed by atoms with van der Waals surface area (Å²) in [6.07, 6.45) is 4.17. The molecule has 2 saturated carbocycles. The molecule has 4 rings (SSSR count). The van der Waals surface area contributed by atoms with E-state index in [1.165, 1.54) is 24.6 Å². The van der Waals surface area contributed by atoms with E-state index < -0.39 is 0 Å². The van der Waals surface area contributed by atoms with E-state index in [-0.39, 0.29) is 0 Å². The average molecular weight is 283 g/mol. The number of benzene rings is 1. The second kappa shape index (κ2) is 4.36. The lowest BCUT2D eigenvalue weighted by atomic mass is 9.68. The molecule has 2 heteroatoms. The van der Waals surface area contributed by atoms with Crippen molar-refractivity contribution in [2.75, 3.05) is 0 Å². The van der Waals surface area contributed by atoms with Gasteiger partial charge in [0.1, 0.15) is 11.3 Å². The highest BCUT2D eigenvalue weighted by atomic mass is 16.3. The van der Waals surface area contributed by atoms with E-state index in [1.54, 1.807) is 0 Å². The molecule has 0 aliphatic heterocycles. The predicted molar refractivity (Wildman–Crippen MR) is 86.1 cm³/mol. The first-order valence-corrected chi connectivity index (χ1v) is 8.20. The topological polar surface area (TPSA) is 25.2 Å². The highest BCUT2D eigenvalue weighted by molar-refractivity contribution is 5.77. The molecule has 1 aromatic heterocycles. The normalized spacial score (nSPS) is 33.9. The molecule has 0 spiro atoms. The summed E-state index contributed by atoms with van der Waals surface area (Å²) in [7, 11) is 0. The third kappa shape index (κ3) is 1.96. The number of para-hydroxylation sites is 1. The van der Waals surface area contributed by atoms with Gasteiger partial charge in [0.15, 0.2) is 0 Å². The summed E-state index contributed by atoms with van der Waals surface area (Å²) >= 11 is 0. The van der Waals surface area contributed by atoms with Crippen LogP contribution >= 0.6 is 0 Å². The van der Waals surface area contributed by atoms with E-state index in [4.69, 9.17) is 4.42 Å². The minimum Gasteiger partial charge on any atom is -0.460 e. The van der Waals surface area contributed by atoms with Crippen LogP contribution in [-0.4, -0.2) is 6.04 Å². The lowest BCUT2D eigenvalue weighted by molar-refractivity contribution is 0.106. The predicted octanol–water partition coefficient (Wildman–Crippen LogP) is 4.74. The molecule has 0 amide bonds. The standard InChI is InChI=1S/C19H25NO/c1-18(2)14-8-9-19(3,11-14)17(18)20-12-15-10-13-6-4-5-7-16(13)21-15/h4-7,10,14,17,20H,8-9,11-12H2,1-3H3. The zero-order chi connectivity index (χ0) is 14.7. The van der Waals surface area contributed by atoms with Crippen LogP contribution in [0.1, 0.15) is 45.8 Å². The van der Waals surface area contributed by atoms with Crippen molar-refractivity contribution < 1.29 is 4.42 Å². The van der Waals surface area contributed by atoms with Gasteiger partial charge >= 0.3 is 0 Å². The van der Waals surface area contributed by atoms with Crippen LogP contribution in [0.2, 0.25) is 0 Å². The lowest BCUT2D eigenvalue weighted by Crippen LogP contribution is -2.49. The molecule has 112 valence electrons. The first-order valence-electron chi connectivity index (χ1n) is 8.20. The van der Waals surface area contributed by atoms with Gasteiger partial charge in [0, 0.05) is 11.4 Å². The van der Waals surface area contributed by atoms with E-state index in [0.717, 1.165) is 23.8 Å². The minimum atomic E-state index is 0.402. The third-order valence-corrected chi connectivity index (χ3v) is 6.23. The van der Waals surface area contributed by atoms with Gasteiger partial charge in [-0.05, 0) is 48.1 Å². The molecule has 1 aromatic carbocycles. The number of fused-ring (bicyclic) bond motifs is 3. The van der Waals surface area contributed by atoms with Crippen LogP contribution in [0.25, 0.3) is 11.0 Å². The minimum absolute atomic E-state index is 0.402. The molecule has 2 bridgehead atoms. The number of rotatable bonds is 3. The van der Waals surface area contributed by atoms with Crippen molar-refractivity contribution in [1.29, 1.82) is 0 Å². The molecule has 1 heterocycles. The molecule has 0 saturated heterocycles. The van der Waals surface area contributed by atoms with Crippen molar-refractivity contribution in [2.45, 2.75) is 52.6 Å². The molecule has 3 unspecified atom stereocenters. The van der Waals surface area contributed by atoms with Crippen LogP contribution < -0.4 is 5.32 Å². The summed E-state index contributed by atoms with van der Waals surface area (Å²) in [6.45, 7) is 8.19. The first kappa shape index (κ1) is 13.4. The van der Waals surface area contributed by atoms with Crippen LogP contribution in [0.15, 0.2) is 34.7 Å². The van der Waals surface area contributed by atoms with Gasteiger partial charge in [-0.25, -0.2) is 0 Å². The zero-order valence-corrected chi connectivity index (χ0v) is 13.3. The van der Waals surface area contributed by atoms with Gasteiger partial charge in [0.25, 0.3) is 0 Å². The van der Waals surface area contributed by atoms with Crippen molar-refractivity contribution in [3.63, 3.8) is 0 Å². The van der Waals surface area contributed by atoms with Crippen molar-refractivity contribution in [3.8, 4) is 0 Å². The van der Waals surface area contributed by atoms with Crippen LogP contribution in [0, 0.1) is 16.7 Å². The molecule has 21 heavy (non-hydrogen) atoms. The number of nitrogens with one attached hydrogen (secondary N) is 1. The first-order chi connectivity index (χ1) is 9.99. The highest BCUT2D eigenvalue weighted by Gasteiger charge is 2.58. The summed E-state index contributed by atoms with van der Waals surface area (Å²) in [5.41, 5.74) is 1.87. The second-order valence-electron chi connectivity index (χ2n) is 7.98. The Morgan fingerprint density at radius 3 is 2.76 bits per heavy atom. The molecule has 2 fully saturated rings. The zero-order valence-electron chi connectivity index (χ0n) is 13.3. The second-order valence-corrected chi connectivity index (χ2v) is 7.98. The highest BCUT2D eigenvalue weighted by Crippen LogP contribution is 2.62. The maximum Gasteiger partial charge on any atom is 0.134 e. The van der Waals surface area contributed by atoms with Gasteiger partial charge in [-0.2, -0.15) is 0 Å². The van der Waals surface area contributed by atoms with Crippen molar-refractivity contribution in [1.82, 2.24) is 5.32 Å². The molecular formula is C19H25NO. The van der Waals surface area contributed by atoms with E-state index in [9.17, 15) is 0 Å². The van der Waals surface area contributed by atoms with E-state index >= 15 is 0 Å². The van der Waals surface area contributed by atoms with Crippen molar-refractivity contribution >= 4 is 11.0 Å². The number of hydrogen-bond acceptors (Lipinski definition) is 2. The van der Waals surface area contributed by atoms with Crippen LogP contribution in [0.5, 0.6) is 0 Å². The maximum absolute atomic E-state index is 5.95. The largest absolute Gasteiger partial charge is 0.460 e. The summed E-state index contributed by atoms with van der Waals surface area (Å²) in [5, 5.41) is 5.03. The van der Waals surface area contributed by atoms with Gasteiger partial charge in [0.05, 0.1) is 6.54 Å². The summed E-state index contributed by atoms with van der Waals surface area (Å²) in [6, 6.07) is 11.0. The molecule has 2 aliphatic rings. The molecule has 1 N–H and O–H groups in total. The maximum atomic E-state index is 5.95. The molecule has 2 aliphatic carbocycles. The monoisotopic (exact) mass is 283 g/mol. The van der Waals surface area contributed by atoms with Gasteiger partial charge < -0.3 is 9.73 Å². The Kier molecular flexibility index (Phi) is 2.78. The summed E-state index contributed by atoms with van der Waals surface area (Å²) in [5.74, 6) is 1.94. The molecule has 2 aromatic rings. The van der Waals surface area contributed by atoms with E-state index in [1.807, 2.05) is 12.1 Å². The Labute approximate surface area is 126 Å². The number of hydrogen-bond donors (Lipinski definition) is 1. The Balaban J connectivity index is 1.54. The van der Waals surface area contributed by atoms with Crippen LogP contribution in [0.4, 0.5) is 0 Å². The van der Waals surface area contributed by atoms with E-state index in [0.29, 0.717) is 16.9 Å². The Bertz CT molecular complexity index is 633. The molecular weight excluding hydrogens is 258 g/mol. The smallest absolute Gasteiger partial charge is 0.134 e. The summed E-state index contributed by atoms with van der Waals surface area (Å²) in [4.78, 5) is 0. The fourth-order valence-electron chi connectivity index (χ4n) is 5.14. The Hall–Kier alpha value is -1.28.